The predicted octanol–water partition coefficient (Wildman–Crippen LogP) is 1.80. The van der Waals surface area contributed by atoms with Crippen molar-refractivity contribution in [3.05, 3.63) is 24.0 Å². The maximum Gasteiger partial charge on any atom is 0.164 e. The number of hydrogen-bond donors (Lipinski definition) is 0. The highest BCUT2D eigenvalue weighted by Gasteiger charge is 2.05. The third kappa shape index (κ3) is 2.73. The first-order valence-corrected chi connectivity index (χ1v) is 4.26. The number of benzene rings is 1. The molecule has 0 N–H and O–H groups in total. The summed E-state index contributed by atoms with van der Waals surface area (Å²) >= 11 is 0. The van der Waals surface area contributed by atoms with Crippen LogP contribution in [0, 0.1) is 5.82 Å². The molecule has 0 amide bonds. The number of carbonyl (C=O) groups is 1. The Kier molecular flexibility index (Phi) is 3.91. The Hall–Kier alpha value is -1.58. The van der Waals surface area contributed by atoms with Gasteiger partial charge < -0.3 is 9.47 Å². The number of aldehydes is 1. The molecule has 1 rings (SSSR count). The molecule has 0 spiro atoms. The number of carbonyl (C=O) groups excluding carboxylic acids is 1. The molecule has 1 aromatic carbocycles. The Morgan fingerprint density at radius 2 is 2.14 bits per heavy atom. The average molecular weight is 198 g/mol. The lowest BCUT2D eigenvalue weighted by Gasteiger charge is -2.09. The maximum atomic E-state index is 12.8. The average Bonchev–Trinajstić information content (AvgIpc) is 2.17. The van der Waals surface area contributed by atoms with Gasteiger partial charge in [-0.3, -0.25) is 4.79 Å². The van der Waals surface area contributed by atoms with Crippen molar-refractivity contribution in [1.29, 1.82) is 0 Å². The van der Waals surface area contributed by atoms with Crippen LogP contribution in [-0.4, -0.2) is 19.5 Å². The lowest BCUT2D eigenvalue weighted by molar-refractivity contribution is -0.109. The Bertz CT molecular complexity index is 312. The lowest BCUT2D eigenvalue weighted by Crippen LogP contribution is -2.01. The van der Waals surface area contributed by atoms with Crippen LogP contribution < -0.4 is 9.47 Å². The van der Waals surface area contributed by atoms with Gasteiger partial charge in [-0.15, -0.1) is 0 Å². The Morgan fingerprint density at radius 1 is 1.36 bits per heavy atom. The van der Waals surface area contributed by atoms with Crippen molar-refractivity contribution >= 4 is 6.29 Å². The number of rotatable bonds is 5. The molecule has 0 radical (unpaired) electrons. The summed E-state index contributed by atoms with van der Waals surface area (Å²) in [6.45, 7) is 2.14. The van der Waals surface area contributed by atoms with Gasteiger partial charge in [-0.25, -0.2) is 4.39 Å². The quantitative estimate of drug-likeness (QED) is 0.677. The van der Waals surface area contributed by atoms with Gasteiger partial charge in [-0.05, 0) is 19.1 Å². The molecule has 0 aliphatic carbocycles. The molecular formula is C10H11FO3. The molecule has 0 bridgehead atoms. The molecule has 4 heteroatoms. The molecule has 0 unspecified atom stereocenters. The van der Waals surface area contributed by atoms with E-state index in [4.69, 9.17) is 9.47 Å². The summed E-state index contributed by atoms with van der Waals surface area (Å²) in [5.74, 6) is 0.293. The topological polar surface area (TPSA) is 35.5 Å². The molecule has 1 aromatic rings. The van der Waals surface area contributed by atoms with E-state index >= 15 is 0 Å². The summed E-state index contributed by atoms with van der Waals surface area (Å²) < 4.78 is 23.0. The predicted molar refractivity (Wildman–Crippen MR) is 49.1 cm³/mol. The van der Waals surface area contributed by atoms with E-state index in [0.29, 0.717) is 24.4 Å². The second-order valence-electron chi connectivity index (χ2n) is 2.50. The molecule has 0 fully saturated rings. The van der Waals surface area contributed by atoms with Crippen LogP contribution in [0.2, 0.25) is 0 Å². The molecule has 0 aliphatic rings. The van der Waals surface area contributed by atoms with Gasteiger partial charge in [0.25, 0.3) is 0 Å². The first-order chi connectivity index (χ1) is 6.77. The number of hydrogen-bond acceptors (Lipinski definition) is 3. The fourth-order valence-corrected chi connectivity index (χ4v) is 0.993. The van der Waals surface area contributed by atoms with Gasteiger partial charge in [0, 0.05) is 6.07 Å². The van der Waals surface area contributed by atoms with Crippen molar-refractivity contribution in [2.45, 2.75) is 6.92 Å². The smallest absolute Gasteiger partial charge is 0.164 e. The SMILES string of the molecule is CCOc1cc(F)ccc1OCC=O. The standard InChI is InChI=1S/C10H11FO3/c1-2-13-10-7-8(11)3-4-9(10)14-6-5-12/h3-5,7H,2,6H2,1H3. The first kappa shape index (κ1) is 10.5. The molecule has 0 heterocycles. The van der Waals surface area contributed by atoms with Crippen molar-refractivity contribution < 1.29 is 18.7 Å². The third-order valence-corrected chi connectivity index (χ3v) is 1.51. The Labute approximate surface area is 81.4 Å². The van der Waals surface area contributed by atoms with Gasteiger partial charge in [0.15, 0.2) is 17.8 Å². The van der Waals surface area contributed by atoms with Gasteiger partial charge >= 0.3 is 0 Å². The third-order valence-electron chi connectivity index (χ3n) is 1.51. The van der Waals surface area contributed by atoms with Crippen molar-refractivity contribution in [3.8, 4) is 11.5 Å². The summed E-state index contributed by atoms with van der Waals surface area (Å²) in [6.07, 6.45) is 0.624. The van der Waals surface area contributed by atoms with Gasteiger partial charge in [0.1, 0.15) is 12.4 Å². The van der Waals surface area contributed by atoms with E-state index in [1.807, 2.05) is 0 Å². The van der Waals surface area contributed by atoms with Crippen molar-refractivity contribution in [2.75, 3.05) is 13.2 Å². The van der Waals surface area contributed by atoms with Gasteiger partial charge in [0.05, 0.1) is 6.61 Å². The highest BCUT2D eigenvalue weighted by Crippen LogP contribution is 2.27. The number of halogens is 1. The minimum atomic E-state index is -0.396. The van der Waals surface area contributed by atoms with Crippen LogP contribution in [0.25, 0.3) is 0 Å². The van der Waals surface area contributed by atoms with Crippen LogP contribution in [0.4, 0.5) is 4.39 Å². The monoisotopic (exact) mass is 198 g/mol. The molecule has 3 nitrogen and oxygen atoms in total. The maximum absolute atomic E-state index is 12.8. The molecule has 0 atom stereocenters. The van der Waals surface area contributed by atoms with Crippen LogP contribution in [-0.2, 0) is 4.79 Å². The molecule has 76 valence electrons. The van der Waals surface area contributed by atoms with Crippen LogP contribution in [0.15, 0.2) is 18.2 Å². The minimum absolute atomic E-state index is 0.0638. The molecule has 14 heavy (non-hydrogen) atoms. The normalized spacial score (nSPS) is 9.57. The Balaban J connectivity index is 2.83. The fraction of sp³-hybridized carbons (Fsp3) is 0.300. The van der Waals surface area contributed by atoms with Crippen LogP contribution in [0.5, 0.6) is 11.5 Å². The van der Waals surface area contributed by atoms with Crippen molar-refractivity contribution in [2.24, 2.45) is 0 Å². The van der Waals surface area contributed by atoms with E-state index in [0.717, 1.165) is 0 Å². The summed E-state index contributed by atoms with van der Waals surface area (Å²) in [5.41, 5.74) is 0. The molecule has 0 saturated carbocycles. The fourth-order valence-electron chi connectivity index (χ4n) is 0.993. The second-order valence-corrected chi connectivity index (χ2v) is 2.50. The minimum Gasteiger partial charge on any atom is -0.490 e. The first-order valence-electron chi connectivity index (χ1n) is 4.26. The highest BCUT2D eigenvalue weighted by molar-refractivity contribution is 5.52. The molecule has 0 saturated heterocycles. The molecular weight excluding hydrogens is 187 g/mol. The lowest BCUT2D eigenvalue weighted by atomic mass is 10.3. The zero-order chi connectivity index (χ0) is 10.4. The largest absolute Gasteiger partial charge is 0.490 e. The Morgan fingerprint density at radius 3 is 2.79 bits per heavy atom. The van der Waals surface area contributed by atoms with E-state index in [-0.39, 0.29) is 6.61 Å². The van der Waals surface area contributed by atoms with E-state index in [9.17, 15) is 9.18 Å². The van der Waals surface area contributed by atoms with Crippen molar-refractivity contribution in [1.82, 2.24) is 0 Å². The number of ether oxygens (including phenoxy) is 2. The summed E-state index contributed by atoms with van der Waals surface area (Å²) in [7, 11) is 0. The van der Waals surface area contributed by atoms with Crippen LogP contribution >= 0.6 is 0 Å². The zero-order valence-corrected chi connectivity index (χ0v) is 7.83. The van der Waals surface area contributed by atoms with Crippen LogP contribution in [0.3, 0.4) is 0 Å². The summed E-state index contributed by atoms with van der Waals surface area (Å²) in [4.78, 5) is 10.1. The van der Waals surface area contributed by atoms with E-state index in [2.05, 4.69) is 0 Å². The molecule has 0 aromatic heterocycles. The van der Waals surface area contributed by atoms with Gasteiger partial charge in [-0.1, -0.05) is 0 Å². The summed E-state index contributed by atoms with van der Waals surface area (Å²) in [6, 6.07) is 3.91. The summed E-state index contributed by atoms with van der Waals surface area (Å²) in [5, 5.41) is 0. The van der Waals surface area contributed by atoms with E-state index in [1.165, 1.54) is 18.2 Å². The van der Waals surface area contributed by atoms with Crippen molar-refractivity contribution in [3.63, 3.8) is 0 Å². The van der Waals surface area contributed by atoms with Gasteiger partial charge in [0.2, 0.25) is 0 Å². The van der Waals surface area contributed by atoms with Gasteiger partial charge in [-0.2, -0.15) is 0 Å². The highest BCUT2D eigenvalue weighted by atomic mass is 19.1. The van der Waals surface area contributed by atoms with E-state index in [1.54, 1.807) is 6.92 Å². The van der Waals surface area contributed by atoms with Crippen LogP contribution in [0.1, 0.15) is 6.92 Å². The second kappa shape index (κ2) is 5.21. The zero-order valence-electron chi connectivity index (χ0n) is 7.83. The molecule has 0 aliphatic heterocycles. The van der Waals surface area contributed by atoms with E-state index < -0.39 is 5.82 Å².